The van der Waals surface area contributed by atoms with Gasteiger partial charge in [-0.2, -0.15) is 0 Å². The van der Waals surface area contributed by atoms with Crippen LogP contribution in [0.5, 0.6) is 0 Å². The summed E-state index contributed by atoms with van der Waals surface area (Å²) in [6, 6.07) is 5.71. The van der Waals surface area contributed by atoms with E-state index in [1.165, 1.54) is 0 Å². The molecule has 0 spiro atoms. The Bertz CT molecular complexity index is 435. The van der Waals surface area contributed by atoms with Gasteiger partial charge in [-0.1, -0.05) is 12.2 Å². The standard InChI is InChI=1S/C12H17BrN2OS/c1-12(2,7-16)15(3)10-5-4-8(11(14)17)6-9(10)13/h4-6,16H,7H2,1-3H3,(H2,14,17). The number of nitrogens with zero attached hydrogens (tertiary/aromatic N) is 1. The topological polar surface area (TPSA) is 49.5 Å². The third kappa shape index (κ3) is 3.18. The molecule has 0 amide bonds. The molecule has 3 nitrogen and oxygen atoms in total. The van der Waals surface area contributed by atoms with Gasteiger partial charge in [-0.15, -0.1) is 0 Å². The number of hydrogen-bond donors (Lipinski definition) is 2. The zero-order valence-electron chi connectivity index (χ0n) is 10.2. The quantitative estimate of drug-likeness (QED) is 0.837. The molecule has 0 aliphatic rings. The van der Waals surface area contributed by atoms with Gasteiger partial charge in [0.15, 0.2) is 0 Å². The van der Waals surface area contributed by atoms with Crippen LogP contribution < -0.4 is 10.6 Å². The summed E-state index contributed by atoms with van der Waals surface area (Å²) in [5, 5.41) is 9.36. The second-order valence-corrected chi connectivity index (χ2v) is 5.85. The smallest absolute Gasteiger partial charge is 0.104 e. The van der Waals surface area contributed by atoms with E-state index in [0.717, 1.165) is 15.7 Å². The van der Waals surface area contributed by atoms with Crippen molar-refractivity contribution in [1.82, 2.24) is 0 Å². The molecule has 0 saturated carbocycles. The maximum absolute atomic E-state index is 9.36. The van der Waals surface area contributed by atoms with Gasteiger partial charge in [0.1, 0.15) is 4.99 Å². The molecule has 0 saturated heterocycles. The molecule has 0 aliphatic heterocycles. The lowest BCUT2D eigenvalue weighted by Gasteiger charge is -2.36. The van der Waals surface area contributed by atoms with Crippen molar-refractivity contribution in [2.24, 2.45) is 5.73 Å². The predicted molar refractivity (Wildman–Crippen MR) is 79.6 cm³/mol. The first kappa shape index (κ1) is 14.4. The van der Waals surface area contributed by atoms with Crippen molar-refractivity contribution in [2.45, 2.75) is 19.4 Å². The normalized spacial score (nSPS) is 11.4. The molecule has 0 aromatic heterocycles. The molecule has 0 radical (unpaired) electrons. The summed E-state index contributed by atoms with van der Waals surface area (Å²) in [6.45, 7) is 4.02. The molecule has 0 fully saturated rings. The van der Waals surface area contributed by atoms with Gasteiger partial charge < -0.3 is 15.7 Å². The van der Waals surface area contributed by atoms with Crippen LogP contribution in [0.1, 0.15) is 19.4 Å². The average molecular weight is 317 g/mol. The first-order valence-electron chi connectivity index (χ1n) is 5.23. The minimum atomic E-state index is -0.326. The number of aliphatic hydroxyl groups is 1. The zero-order chi connectivity index (χ0) is 13.2. The molecular formula is C12H17BrN2OS. The molecule has 1 aromatic carbocycles. The van der Waals surface area contributed by atoms with Gasteiger partial charge in [-0.25, -0.2) is 0 Å². The number of thiocarbonyl (C=S) groups is 1. The van der Waals surface area contributed by atoms with Gasteiger partial charge in [-0.3, -0.25) is 0 Å². The van der Waals surface area contributed by atoms with Crippen LogP contribution in [0.2, 0.25) is 0 Å². The van der Waals surface area contributed by atoms with Crippen molar-refractivity contribution in [3.05, 3.63) is 28.2 Å². The van der Waals surface area contributed by atoms with Crippen LogP contribution in [-0.4, -0.2) is 29.3 Å². The van der Waals surface area contributed by atoms with E-state index in [4.69, 9.17) is 18.0 Å². The maximum atomic E-state index is 9.36. The van der Waals surface area contributed by atoms with Gasteiger partial charge in [-0.05, 0) is 48.0 Å². The predicted octanol–water partition coefficient (Wildman–Crippen LogP) is 2.29. The van der Waals surface area contributed by atoms with E-state index >= 15 is 0 Å². The molecule has 0 heterocycles. The highest BCUT2D eigenvalue weighted by Gasteiger charge is 2.24. The van der Waals surface area contributed by atoms with Crippen LogP contribution in [0.3, 0.4) is 0 Å². The third-order valence-corrected chi connectivity index (χ3v) is 3.76. The fourth-order valence-corrected chi connectivity index (χ4v) is 2.14. The fourth-order valence-electron chi connectivity index (χ4n) is 1.36. The lowest BCUT2D eigenvalue weighted by molar-refractivity contribution is 0.216. The summed E-state index contributed by atoms with van der Waals surface area (Å²) in [6.07, 6.45) is 0. The lowest BCUT2D eigenvalue weighted by Crippen LogP contribution is -2.44. The van der Waals surface area contributed by atoms with E-state index in [0.29, 0.717) is 4.99 Å². The first-order chi connectivity index (χ1) is 7.79. The van der Waals surface area contributed by atoms with Crippen LogP contribution in [0, 0.1) is 0 Å². The third-order valence-electron chi connectivity index (χ3n) is 2.89. The van der Waals surface area contributed by atoms with Gasteiger partial charge in [0.05, 0.1) is 17.8 Å². The van der Waals surface area contributed by atoms with Gasteiger partial charge in [0, 0.05) is 17.1 Å². The van der Waals surface area contributed by atoms with Crippen molar-refractivity contribution in [3.8, 4) is 0 Å². The number of aliphatic hydroxyl groups excluding tert-OH is 1. The lowest BCUT2D eigenvalue weighted by atomic mass is 10.0. The summed E-state index contributed by atoms with van der Waals surface area (Å²) in [7, 11) is 1.94. The molecule has 0 unspecified atom stereocenters. The highest BCUT2D eigenvalue weighted by atomic mass is 79.9. The number of halogens is 1. The molecule has 0 aliphatic carbocycles. The molecule has 1 rings (SSSR count). The Morgan fingerprint density at radius 3 is 2.53 bits per heavy atom. The second-order valence-electron chi connectivity index (χ2n) is 4.56. The molecule has 0 atom stereocenters. The second kappa shape index (κ2) is 5.33. The van der Waals surface area contributed by atoms with Crippen LogP contribution in [0.25, 0.3) is 0 Å². The van der Waals surface area contributed by atoms with Crippen molar-refractivity contribution in [1.29, 1.82) is 0 Å². The number of likely N-dealkylation sites (N-methyl/N-ethyl adjacent to an activating group) is 1. The maximum Gasteiger partial charge on any atom is 0.104 e. The molecule has 3 N–H and O–H groups in total. The largest absolute Gasteiger partial charge is 0.394 e. The van der Waals surface area contributed by atoms with Crippen molar-refractivity contribution < 1.29 is 5.11 Å². The Kier molecular flexibility index (Phi) is 4.52. The number of hydrogen-bond acceptors (Lipinski definition) is 3. The SMILES string of the molecule is CN(c1ccc(C(N)=S)cc1Br)C(C)(C)CO. The van der Waals surface area contributed by atoms with E-state index < -0.39 is 0 Å². The Hall–Kier alpha value is -0.650. The van der Waals surface area contributed by atoms with Crippen LogP contribution in [-0.2, 0) is 0 Å². The summed E-state index contributed by atoms with van der Waals surface area (Å²) in [5.41, 5.74) is 7.07. The van der Waals surface area contributed by atoms with E-state index in [-0.39, 0.29) is 12.1 Å². The Balaban J connectivity index is 3.12. The molecule has 5 heteroatoms. The number of nitrogens with two attached hydrogens (primary N) is 1. The molecule has 17 heavy (non-hydrogen) atoms. The molecule has 0 bridgehead atoms. The molecule has 94 valence electrons. The zero-order valence-corrected chi connectivity index (χ0v) is 12.6. The summed E-state index contributed by atoms with van der Waals surface area (Å²) in [5.74, 6) is 0. The summed E-state index contributed by atoms with van der Waals surface area (Å²) in [4.78, 5) is 2.39. The van der Waals surface area contributed by atoms with Gasteiger partial charge in [0.2, 0.25) is 0 Å². The van der Waals surface area contributed by atoms with E-state index in [1.807, 2.05) is 44.0 Å². The van der Waals surface area contributed by atoms with E-state index in [2.05, 4.69) is 15.9 Å². The Morgan fingerprint density at radius 2 is 2.12 bits per heavy atom. The number of anilines is 1. The fraction of sp³-hybridized carbons (Fsp3) is 0.417. The average Bonchev–Trinajstić information content (AvgIpc) is 2.27. The summed E-state index contributed by atoms with van der Waals surface area (Å²) >= 11 is 8.43. The number of rotatable bonds is 4. The number of benzene rings is 1. The van der Waals surface area contributed by atoms with Crippen LogP contribution in [0.4, 0.5) is 5.69 Å². The monoisotopic (exact) mass is 316 g/mol. The summed E-state index contributed by atoms with van der Waals surface area (Å²) < 4.78 is 0.909. The van der Waals surface area contributed by atoms with Gasteiger partial charge in [0.25, 0.3) is 0 Å². The van der Waals surface area contributed by atoms with Gasteiger partial charge >= 0.3 is 0 Å². The first-order valence-corrected chi connectivity index (χ1v) is 6.44. The van der Waals surface area contributed by atoms with E-state index in [1.54, 1.807) is 0 Å². The van der Waals surface area contributed by atoms with Crippen molar-refractivity contribution in [3.63, 3.8) is 0 Å². The highest BCUT2D eigenvalue weighted by molar-refractivity contribution is 9.10. The van der Waals surface area contributed by atoms with Crippen LogP contribution in [0.15, 0.2) is 22.7 Å². The highest BCUT2D eigenvalue weighted by Crippen LogP contribution is 2.30. The molecule has 1 aromatic rings. The molecular weight excluding hydrogens is 300 g/mol. The van der Waals surface area contributed by atoms with Crippen molar-refractivity contribution >= 4 is 38.8 Å². The minimum absolute atomic E-state index is 0.0764. The Morgan fingerprint density at radius 1 is 1.53 bits per heavy atom. The minimum Gasteiger partial charge on any atom is -0.394 e. The van der Waals surface area contributed by atoms with Crippen LogP contribution >= 0.6 is 28.1 Å². The Labute approximate surface area is 116 Å². The van der Waals surface area contributed by atoms with E-state index in [9.17, 15) is 5.11 Å². The van der Waals surface area contributed by atoms with Crippen molar-refractivity contribution in [2.75, 3.05) is 18.6 Å².